The van der Waals surface area contributed by atoms with Crippen LogP contribution in [0.5, 0.6) is 0 Å². The minimum atomic E-state index is 0.490. The molecule has 0 atom stereocenters. The lowest BCUT2D eigenvalue weighted by molar-refractivity contribution is 0.657. The molecule has 0 saturated carbocycles. The van der Waals surface area contributed by atoms with E-state index < -0.39 is 0 Å². The molecular weight excluding hydrogens is 1630 g/mol. The summed E-state index contributed by atoms with van der Waals surface area (Å²) in [5.41, 5.74) is 19.0. The van der Waals surface area contributed by atoms with Gasteiger partial charge in [-0.05, 0) is 189 Å². The summed E-state index contributed by atoms with van der Waals surface area (Å²) >= 11 is 7.59. The third-order valence-corrected chi connectivity index (χ3v) is 29.2. The Kier molecular flexibility index (Phi) is 26.5. The van der Waals surface area contributed by atoms with Crippen molar-refractivity contribution < 1.29 is 17.7 Å². The van der Waals surface area contributed by atoms with E-state index in [9.17, 15) is 0 Å². The normalized spacial score (nSPS) is 11.7. The van der Waals surface area contributed by atoms with E-state index in [-0.39, 0.29) is 0 Å². The second-order valence-electron chi connectivity index (χ2n) is 35.9. The van der Waals surface area contributed by atoms with Crippen molar-refractivity contribution in [1.29, 1.82) is 0 Å². The van der Waals surface area contributed by atoms with Gasteiger partial charge in [-0.25, -0.2) is 0 Å². The van der Waals surface area contributed by atoms with Gasteiger partial charge in [0.15, 0.2) is 0 Å². The Morgan fingerprint density at radius 3 is 1.07 bits per heavy atom. The number of thiophene rings is 4. The highest BCUT2D eigenvalue weighted by Crippen LogP contribution is 2.44. The van der Waals surface area contributed by atoms with Crippen molar-refractivity contribution in [2.45, 2.75) is 158 Å². The van der Waals surface area contributed by atoms with E-state index in [1.807, 2.05) is 106 Å². The number of benzene rings is 16. The number of fused-ring (bicyclic) bond motifs is 24. The second-order valence-corrected chi connectivity index (χ2v) is 40.2. The fourth-order valence-electron chi connectivity index (χ4n) is 17.4. The maximum absolute atomic E-state index is 5.94. The maximum atomic E-state index is 5.94. The Hall–Kier alpha value is -12.4. The van der Waals surface area contributed by atoms with Gasteiger partial charge in [0.2, 0.25) is 0 Å². The molecule has 8 heterocycles. The number of hydrogen-bond donors (Lipinski definition) is 0. The molecule has 0 amide bonds. The van der Waals surface area contributed by atoms with Crippen molar-refractivity contribution in [3.05, 3.63) is 384 Å². The Labute approximate surface area is 767 Å². The summed E-state index contributed by atoms with van der Waals surface area (Å²) in [4.78, 5) is 0. The number of furan rings is 4. The largest absolute Gasteiger partial charge is 0.456 e. The zero-order chi connectivity index (χ0) is 89.0. The van der Waals surface area contributed by atoms with Gasteiger partial charge in [-0.3, -0.25) is 0 Å². The van der Waals surface area contributed by atoms with Crippen LogP contribution in [0.3, 0.4) is 0 Å². The van der Waals surface area contributed by atoms with Crippen LogP contribution in [0.4, 0.5) is 0 Å². The van der Waals surface area contributed by atoms with Crippen molar-refractivity contribution in [3.8, 4) is 0 Å². The number of hydrogen-bond acceptors (Lipinski definition) is 8. The first-order chi connectivity index (χ1) is 62.1. The first-order valence-electron chi connectivity index (χ1n) is 45.4. The number of para-hydroxylation sites is 5. The molecule has 24 aromatic rings. The van der Waals surface area contributed by atoms with E-state index in [0.29, 0.717) is 47.3 Å². The summed E-state index contributed by atoms with van der Waals surface area (Å²) in [6, 6.07) is 120. The van der Waals surface area contributed by atoms with Gasteiger partial charge >= 0.3 is 0 Å². The van der Waals surface area contributed by atoms with Crippen molar-refractivity contribution in [3.63, 3.8) is 0 Å². The summed E-state index contributed by atoms with van der Waals surface area (Å²) in [5, 5.41) is 21.0. The minimum absolute atomic E-state index is 0.490. The first kappa shape index (κ1) is 87.7. The highest BCUT2D eigenvalue weighted by molar-refractivity contribution is 7.27. The lowest BCUT2D eigenvalue weighted by Crippen LogP contribution is -1.87. The van der Waals surface area contributed by atoms with Gasteiger partial charge in [-0.15, -0.1) is 45.3 Å². The molecule has 128 heavy (non-hydrogen) atoms. The molecule has 0 unspecified atom stereocenters. The average molecular weight is 1750 g/mol. The third-order valence-electron chi connectivity index (χ3n) is 24.5. The quantitative estimate of drug-likeness (QED) is 0.152. The summed E-state index contributed by atoms with van der Waals surface area (Å²) in [5.74, 6) is 4.49. The van der Waals surface area contributed by atoms with Crippen molar-refractivity contribution in [2.24, 2.45) is 0 Å². The standard InChI is InChI=1S/4C15H14O.4C15H14S/c1-10(2)11-7-5-8-13-12-6-3-4-9-14(12)16-15(11)13;1-10(2)11-7-5-9-14-15(11)12-6-3-4-8-13(12)16-14;1-10(2)11-7-8-15-13(9-11)12-5-3-4-6-14(12)16-15;1-10(2)11-7-8-13-12-5-3-4-6-14(12)16-15(13)9-11;1-10(2)11-7-5-8-13-12-6-3-4-9-14(12)16-15(11)13;1-10(2)11-7-5-9-14-15(11)12-6-3-4-8-13(12)16-14;1-10(2)11-7-8-15-13(9-11)12-5-3-4-6-14(12)16-15;1-10(2)11-7-8-13-12-5-3-4-6-14(12)16-15(13)9-11/h8*3-10H,1-2H3. The fourth-order valence-corrected chi connectivity index (χ4v) is 22.2. The molecule has 24 rings (SSSR count). The molecular formula is C120H112O4S4. The van der Waals surface area contributed by atoms with Crippen LogP contribution < -0.4 is 0 Å². The van der Waals surface area contributed by atoms with Crippen LogP contribution in [0.15, 0.2) is 357 Å². The highest BCUT2D eigenvalue weighted by Gasteiger charge is 2.19. The van der Waals surface area contributed by atoms with Crippen LogP contribution in [0.2, 0.25) is 0 Å². The molecule has 0 bridgehead atoms. The average Bonchev–Trinajstić information content (AvgIpc) is 1.67. The van der Waals surface area contributed by atoms with E-state index in [1.54, 1.807) is 0 Å². The van der Waals surface area contributed by atoms with Crippen molar-refractivity contribution in [2.75, 3.05) is 0 Å². The zero-order valence-electron chi connectivity index (χ0n) is 76.2. The van der Waals surface area contributed by atoms with Gasteiger partial charge in [0, 0.05) is 124 Å². The molecule has 4 nitrogen and oxygen atoms in total. The predicted molar refractivity (Wildman–Crippen MR) is 565 cm³/mol. The molecule has 16 aromatic carbocycles. The smallest absolute Gasteiger partial charge is 0.138 e. The monoisotopic (exact) mass is 1740 g/mol. The molecule has 640 valence electrons. The van der Waals surface area contributed by atoms with Crippen LogP contribution in [-0.2, 0) is 0 Å². The summed E-state index contributed by atoms with van der Waals surface area (Å²) in [6.45, 7) is 35.7. The molecule has 0 N–H and O–H groups in total. The molecule has 0 aliphatic carbocycles. The van der Waals surface area contributed by atoms with Gasteiger partial charge < -0.3 is 17.7 Å². The van der Waals surface area contributed by atoms with Crippen molar-refractivity contribution >= 4 is 214 Å². The first-order valence-corrected chi connectivity index (χ1v) is 48.6. The maximum Gasteiger partial charge on any atom is 0.138 e. The zero-order valence-corrected chi connectivity index (χ0v) is 79.5. The SMILES string of the molecule is CC(C)c1ccc2c(c1)oc1ccccc12.CC(C)c1ccc2c(c1)sc1ccccc12.CC(C)c1ccc2oc3ccccc3c2c1.CC(C)c1ccc2sc3ccccc3c2c1.CC(C)c1cccc2c1oc1ccccc12.CC(C)c1cccc2c1sc1ccccc12.CC(C)c1cccc2oc3ccccc3c12.CC(C)c1cccc2sc3ccccc3c12. The Morgan fingerprint density at radius 1 is 0.164 bits per heavy atom. The van der Waals surface area contributed by atoms with Crippen LogP contribution in [0, 0.1) is 0 Å². The molecule has 0 radical (unpaired) electrons. The summed E-state index contributed by atoms with van der Waals surface area (Å²) in [6.07, 6.45) is 0. The Bertz CT molecular complexity index is 7490. The van der Waals surface area contributed by atoms with Crippen molar-refractivity contribution in [1.82, 2.24) is 0 Å². The van der Waals surface area contributed by atoms with E-state index in [4.69, 9.17) is 17.7 Å². The molecule has 0 fully saturated rings. The molecule has 0 saturated heterocycles. The van der Waals surface area contributed by atoms with Gasteiger partial charge in [0.25, 0.3) is 0 Å². The highest BCUT2D eigenvalue weighted by atomic mass is 32.1. The van der Waals surface area contributed by atoms with E-state index in [2.05, 4.69) is 390 Å². The van der Waals surface area contributed by atoms with Crippen LogP contribution in [0.25, 0.3) is 168 Å². The molecule has 0 spiro atoms. The van der Waals surface area contributed by atoms with Crippen LogP contribution in [-0.4, -0.2) is 0 Å². The number of rotatable bonds is 8. The van der Waals surface area contributed by atoms with E-state index in [1.165, 1.54) is 168 Å². The molecule has 8 heteroatoms. The van der Waals surface area contributed by atoms with Gasteiger partial charge in [0.1, 0.15) is 44.7 Å². The topological polar surface area (TPSA) is 52.6 Å². The second kappa shape index (κ2) is 38.7. The lowest BCUT2D eigenvalue weighted by atomic mass is 9.97. The summed E-state index contributed by atoms with van der Waals surface area (Å²) in [7, 11) is 0. The predicted octanol–water partition coefficient (Wildman–Crippen LogP) is 39.5. The van der Waals surface area contributed by atoms with Crippen LogP contribution in [0.1, 0.15) is 203 Å². The summed E-state index contributed by atoms with van der Waals surface area (Å²) < 4.78 is 34.7. The van der Waals surface area contributed by atoms with E-state index in [0.717, 1.165) is 44.7 Å². The molecule has 8 aromatic heterocycles. The molecule has 0 aliphatic heterocycles. The molecule has 0 aliphatic rings. The van der Waals surface area contributed by atoms with Crippen LogP contribution >= 0.6 is 45.3 Å². The lowest BCUT2D eigenvalue weighted by Gasteiger charge is -2.07. The fraction of sp³-hybridized carbons (Fsp3) is 0.200. The van der Waals surface area contributed by atoms with Gasteiger partial charge in [-0.1, -0.05) is 353 Å². The van der Waals surface area contributed by atoms with Gasteiger partial charge in [-0.2, -0.15) is 0 Å². The Balaban J connectivity index is 0.000000103. The third kappa shape index (κ3) is 18.4. The Morgan fingerprint density at radius 2 is 0.484 bits per heavy atom. The van der Waals surface area contributed by atoms with E-state index >= 15 is 0 Å². The minimum Gasteiger partial charge on any atom is -0.456 e. The van der Waals surface area contributed by atoms with Gasteiger partial charge in [0.05, 0.1) is 0 Å².